The number of aliphatic hydroxyl groups excluding tert-OH is 1. The van der Waals surface area contributed by atoms with Gasteiger partial charge in [0.05, 0.1) is 29.0 Å². The van der Waals surface area contributed by atoms with Crippen molar-refractivity contribution in [2.75, 3.05) is 18.4 Å². The van der Waals surface area contributed by atoms with E-state index in [0.717, 1.165) is 30.9 Å². The molecule has 146 valence electrons. The van der Waals surface area contributed by atoms with Crippen molar-refractivity contribution in [1.82, 2.24) is 20.3 Å². The largest absolute Gasteiger partial charge is 0.433 e. The van der Waals surface area contributed by atoms with Gasteiger partial charge in [0.15, 0.2) is 0 Å². The zero-order valence-electron chi connectivity index (χ0n) is 14.7. The number of β-amino-alcohol motifs (C(OH)–C–C–N with tert-alkyl or cyclic N) is 1. The Morgan fingerprint density at radius 2 is 1.96 bits per heavy atom. The van der Waals surface area contributed by atoms with Crippen LogP contribution in [0.2, 0.25) is 0 Å². The molecule has 3 aromatic rings. The maximum Gasteiger partial charge on any atom is 0.433 e. The number of fused-ring (bicyclic) bond motifs is 1. The third-order valence-electron chi connectivity index (χ3n) is 4.72. The van der Waals surface area contributed by atoms with Crippen molar-refractivity contribution < 1.29 is 18.3 Å². The highest BCUT2D eigenvalue weighted by atomic mass is 19.4. The molecule has 0 aliphatic carbocycles. The molecule has 3 aromatic heterocycles. The average molecular weight is 389 g/mol. The number of alkyl halides is 3. The number of hydrogen-bond donors (Lipinski definition) is 3. The number of aliphatic hydroxyl groups is 1. The average Bonchev–Trinajstić information content (AvgIpc) is 2.69. The van der Waals surface area contributed by atoms with Crippen LogP contribution < -0.4 is 10.6 Å². The van der Waals surface area contributed by atoms with Crippen molar-refractivity contribution in [1.29, 1.82) is 0 Å². The SMILES string of the molecule is O[C@H]1CNCC[C@H]1Nc1ccnc2ccc(-c3ccc(C(F)(F)F)nc3)nc12. The highest BCUT2D eigenvalue weighted by Crippen LogP contribution is 2.30. The summed E-state index contributed by atoms with van der Waals surface area (Å²) in [4.78, 5) is 12.4. The van der Waals surface area contributed by atoms with Crippen molar-refractivity contribution in [2.45, 2.75) is 24.7 Å². The van der Waals surface area contributed by atoms with E-state index in [4.69, 9.17) is 0 Å². The molecular weight excluding hydrogens is 371 g/mol. The van der Waals surface area contributed by atoms with E-state index in [1.165, 1.54) is 6.07 Å². The Hall–Kier alpha value is -2.78. The normalized spacial score (nSPS) is 20.3. The molecule has 1 saturated heterocycles. The molecule has 9 heteroatoms. The summed E-state index contributed by atoms with van der Waals surface area (Å²) < 4.78 is 38.2. The minimum absolute atomic E-state index is 0.120. The van der Waals surface area contributed by atoms with E-state index in [-0.39, 0.29) is 6.04 Å². The Morgan fingerprint density at radius 3 is 2.68 bits per heavy atom. The zero-order valence-corrected chi connectivity index (χ0v) is 14.7. The number of anilines is 1. The highest BCUT2D eigenvalue weighted by molar-refractivity contribution is 5.89. The zero-order chi connectivity index (χ0) is 19.7. The maximum atomic E-state index is 12.7. The van der Waals surface area contributed by atoms with Gasteiger partial charge < -0.3 is 15.7 Å². The minimum Gasteiger partial charge on any atom is -0.390 e. The lowest BCUT2D eigenvalue weighted by molar-refractivity contribution is -0.141. The predicted octanol–water partition coefficient (Wildman–Crippen LogP) is 2.85. The first-order valence-corrected chi connectivity index (χ1v) is 8.86. The summed E-state index contributed by atoms with van der Waals surface area (Å²) in [5.41, 5.74) is 1.99. The van der Waals surface area contributed by atoms with Crippen LogP contribution in [0.3, 0.4) is 0 Å². The van der Waals surface area contributed by atoms with Gasteiger partial charge in [0.25, 0.3) is 0 Å². The fourth-order valence-electron chi connectivity index (χ4n) is 3.23. The lowest BCUT2D eigenvalue weighted by atomic mass is 10.0. The Labute approximate surface area is 158 Å². The molecule has 0 spiro atoms. The van der Waals surface area contributed by atoms with Crippen LogP contribution in [0, 0.1) is 0 Å². The molecule has 4 heterocycles. The van der Waals surface area contributed by atoms with E-state index >= 15 is 0 Å². The Bertz CT molecular complexity index is 977. The lowest BCUT2D eigenvalue weighted by Gasteiger charge is -2.30. The second-order valence-corrected chi connectivity index (χ2v) is 6.66. The molecule has 1 fully saturated rings. The van der Waals surface area contributed by atoms with Crippen molar-refractivity contribution in [3.63, 3.8) is 0 Å². The predicted molar refractivity (Wildman–Crippen MR) is 98.7 cm³/mol. The number of pyridine rings is 3. The van der Waals surface area contributed by atoms with Crippen LogP contribution in [0.4, 0.5) is 18.9 Å². The topological polar surface area (TPSA) is 83.0 Å². The smallest absolute Gasteiger partial charge is 0.390 e. The molecule has 0 radical (unpaired) electrons. The Kier molecular flexibility index (Phi) is 4.86. The first-order valence-electron chi connectivity index (χ1n) is 8.86. The van der Waals surface area contributed by atoms with Gasteiger partial charge in [-0.15, -0.1) is 0 Å². The quantitative estimate of drug-likeness (QED) is 0.639. The summed E-state index contributed by atoms with van der Waals surface area (Å²) in [6.45, 7) is 1.31. The van der Waals surface area contributed by atoms with Crippen LogP contribution in [0.15, 0.2) is 42.7 Å². The van der Waals surface area contributed by atoms with Gasteiger partial charge in [-0.05, 0) is 43.3 Å². The van der Waals surface area contributed by atoms with Gasteiger partial charge in [0, 0.05) is 24.5 Å². The second kappa shape index (κ2) is 7.33. The lowest BCUT2D eigenvalue weighted by Crippen LogP contribution is -2.47. The van der Waals surface area contributed by atoms with E-state index in [9.17, 15) is 18.3 Å². The molecular formula is C19H18F3N5O. The summed E-state index contributed by atoms with van der Waals surface area (Å²) in [5.74, 6) is 0. The molecule has 2 atom stereocenters. The molecule has 1 aliphatic heterocycles. The number of halogens is 3. The first kappa shape index (κ1) is 18.6. The number of hydrogen-bond acceptors (Lipinski definition) is 6. The van der Waals surface area contributed by atoms with Gasteiger partial charge in [0.1, 0.15) is 11.2 Å². The molecule has 6 nitrogen and oxygen atoms in total. The van der Waals surface area contributed by atoms with Gasteiger partial charge in [-0.1, -0.05) is 0 Å². The summed E-state index contributed by atoms with van der Waals surface area (Å²) in [5, 5.41) is 16.6. The molecule has 0 bridgehead atoms. The Balaban J connectivity index is 1.68. The number of aromatic nitrogens is 3. The van der Waals surface area contributed by atoms with Crippen molar-refractivity contribution >= 4 is 16.7 Å². The van der Waals surface area contributed by atoms with Crippen molar-refractivity contribution in [2.24, 2.45) is 0 Å². The maximum absolute atomic E-state index is 12.7. The fourth-order valence-corrected chi connectivity index (χ4v) is 3.23. The summed E-state index contributed by atoms with van der Waals surface area (Å²) in [6, 6.07) is 7.41. The van der Waals surface area contributed by atoms with Crippen LogP contribution in [0.5, 0.6) is 0 Å². The molecule has 0 amide bonds. The van der Waals surface area contributed by atoms with Crippen molar-refractivity contribution in [3.8, 4) is 11.3 Å². The van der Waals surface area contributed by atoms with Gasteiger partial charge in [-0.3, -0.25) is 9.97 Å². The number of nitrogens with zero attached hydrogens (tertiary/aromatic N) is 3. The monoisotopic (exact) mass is 389 g/mol. The molecule has 4 rings (SSSR count). The first-order chi connectivity index (χ1) is 13.4. The van der Waals surface area contributed by atoms with Crippen LogP contribution in [0.1, 0.15) is 12.1 Å². The minimum atomic E-state index is -4.48. The van der Waals surface area contributed by atoms with Crippen molar-refractivity contribution in [3.05, 3.63) is 48.4 Å². The highest BCUT2D eigenvalue weighted by Gasteiger charge is 2.32. The Morgan fingerprint density at radius 1 is 1.11 bits per heavy atom. The van der Waals surface area contributed by atoms with E-state index in [0.29, 0.717) is 28.8 Å². The standard InChI is InChI=1S/C19H18F3N5O/c20-19(21,22)17-4-1-11(9-25-17)12-2-3-14-18(27-12)15(6-8-24-14)26-13-5-7-23-10-16(13)28/h1-4,6,8-9,13,16,23,28H,5,7,10H2,(H,24,26)/t13-,16+/m1/s1. The molecule has 28 heavy (non-hydrogen) atoms. The number of nitrogens with one attached hydrogen (secondary N) is 2. The molecule has 0 unspecified atom stereocenters. The summed E-state index contributed by atoms with van der Waals surface area (Å²) >= 11 is 0. The summed E-state index contributed by atoms with van der Waals surface area (Å²) in [7, 11) is 0. The van der Waals surface area contributed by atoms with Crippen LogP contribution in [-0.4, -0.2) is 45.3 Å². The van der Waals surface area contributed by atoms with Crippen LogP contribution >= 0.6 is 0 Å². The molecule has 1 aliphatic rings. The molecule has 3 N–H and O–H groups in total. The fraction of sp³-hybridized carbons (Fsp3) is 0.316. The van der Waals surface area contributed by atoms with E-state index < -0.39 is 18.0 Å². The third-order valence-corrected chi connectivity index (χ3v) is 4.72. The molecule has 0 saturated carbocycles. The number of rotatable bonds is 3. The van der Waals surface area contributed by atoms with Gasteiger partial charge >= 0.3 is 6.18 Å². The van der Waals surface area contributed by atoms with E-state index in [1.54, 1.807) is 24.4 Å². The molecule has 0 aromatic carbocycles. The van der Waals surface area contributed by atoms with E-state index in [1.807, 2.05) is 0 Å². The third kappa shape index (κ3) is 3.76. The second-order valence-electron chi connectivity index (χ2n) is 6.66. The van der Waals surface area contributed by atoms with Gasteiger partial charge in [-0.25, -0.2) is 4.98 Å². The summed E-state index contributed by atoms with van der Waals surface area (Å²) in [6.07, 6.45) is -1.44. The van der Waals surface area contributed by atoms with Crippen LogP contribution in [-0.2, 0) is 6.18 Å². The van der Waals surface area contributed by atoms with Gasteiger partial charge in [-0.2, -0.15) is 13.2 Å². The van der Waals surface area contributed by atoms with Crippen LogP contribution in [0.25, 0.3) is 22.3 Å². The van der Waals surface area contributed by atoms with E-state index in [2.05, 4.69) is 25.6 Å². The van der Waals surface area contributed by atoms with Gasteiger partial charge in [0.2, 0.25) is 0 Å². The number of piperidine rings is 1.